The van der Waals surface area contributed by atoms with Gasteiger partial charge in [-0.25, -0.2) is 0 Å². The average molecular weight is 231 g/mol. The molecule has 0 amide bonds. The first kappa shape index (κ1) is 12.3. The van der Waals surface area contributed by atoms with Crippen molar-refractivity contribution in [3.8, 4) is 0 Å². The van der Waals surface area contributed by atoms with Gasteiger partial charge in [0.2, 0.25) is 0 Å². The van der Waals surface area contributed by atoms with Crippen LogP contribution in [0.25, 0.3) is 0 Å². The van der Waals surface area contributed by atoms with Crippen LogP contribution >= 0.6 is 0 Å². The first-order valence-corrected chi connectivity index (χ1v) is 6.52. The molecular formula is C15H21NO. The highest BCUT2D eigenvalue weighted by molar-refractivity contribution is 5.82. The van der Waals surface area contributed by atoms with Crippen LogP contribution in [0.2, 0.25) is 0 Å². The van der Waals surface area contributed by atoms with E-state index in [9.17, 15) is 4.79 Å². The van der Waals surface area contributed by atoms with E-state index in [0.717, 1.165) is 24.6 Å². The molecule has 2 heteroatoms. The van der Waals surface area contributed by atoms with Gasteiger partial charge in [-0.3, -0.25) is 9.69 Å². The summed E-state index contributed by atoms with van der Waals surface area (Å²) in [7, 11) is 0. The second kappa shape index (κ2) is 5.97. The van der Waals surface area contributed by atoms with E-state index in [4.69, 9.17) is 0 Å². The predicted octanol–water partition coefficient (Wildman–Crippen LogP) is 2.53. The summed E-state index contributed by atoms with van der Waals surface area (Å²) in [5, 5.41) is 0. The number of ketones is 1. The van der Waals surface area contributed by atoms with Crippen molar-refractivity contribution in [1.29, 1.82) is 0 Å². The molecule has 1 aromatic carbocycles. The standard InChI is InChI=1S/C15H21NO/c1-13-7-9-16(10-8-13)12-15(17)11-14-5-3-2-4-6-14/h2-6,13H,7-12H2,1H3. The normalized spacial score (nSPS) is 18.2. The summed E-state index contributed by atoms with van der Waals surface area (Å²) < 4.78 is 0. The Labute approximate surface area is 104 Å². The molecule has 1 heterocycles. The number of benzene rings is 1. The van der Waals surface area contributed by atoms with Gasteiger partial charge in [-0.15, -0.1) is 0 Å². The average Bonchev–Trinajstić information content (AvgIpc) is 2.33. The molecule has 1 aliphatic heterocycles. The summed E-state index contributed by atoms with van der Waals surface area (Å²) in [6.07, 6.45) is 3.05. The number of nitrogens with zero attached hydrogens (tertiary/aromatic N) is 1. The van der Waals surface area contributed by atoms with Crippen LogP contribution in [0, 0.1) is 5.92 Å². The molecule has 1 aromatic rings. The van der Waals surface area contributed by atoms with E-state index in [-0.39, 0.29) is 0 Å². The van der Waals surface area contributed by atoms with E-state index in [1.807, 2.05) is 30.3 Å². The number of rotatable bonds is 4. The summed E-state index contributed by atoms with van der Waals surface area (Å²) >= 11 is 0. The molecule has 1 saturated heterocycles. The third kappa shape index (κ3) is 3.97. The van der Waals surface area contributed by atoms with Gasteiger partial charge in [0.05, 0.1) is 6.54 Å². The zero-order valence-electron chi connectivity index (χ0n) is 10.6. The number of hydrogen-bond acceptors (Lipinski definition) is 2. The van der Waals surface area contributed by atoms with Crippen LogP contribution in [-0.4, -0.2) is 30.3 Å². The fourth-order valence-electron chi connectivity index (χ4n) is 2.35. The monoisotopic (exact) mass is 231 g/mol. The number of hydrogen-bond donors (Lipinski definition) is 0. The predicted molar refractivity (Wildman–Crippen MR) is 70.0 cm³/mol. The molecule has 0 aromatic heterocycles. The minimum Gasteiger partial charge on any atom is -0.298 e. The molecule has 0 spiro atoms. The quantitative estimate of drug-likeness (QED) is 0.793. The van der Waals surface area contributed by atoms with Gasteiger partial charge in [-0.05, 0) is 37.4 Å². The van der Waals surface area contributed by atoms with Gasteiger partial charge < -0.3 is 0 Å². The number of Topliss-reactive ketones (excluding diaryl/α,β-unsaturated/α-hetero) is 1. The minimum absolute atomic E-state index is 0.339. The first-order chi connectivity index (χ1) is 8.24. The van der Waals surface area contributed by atoms with Crippen molar-refractivity contribution in [2.45, 2.75) is 26.2 Å². The molecule has 0 unspecified atom stereocenters. The van der Waals surface area contributed by atoms with Gasteiger partial charge in [-0.1, -0.05) is 37.3 Å². The lowest BCUT2D eigenvalue weighted by atomic mass is 9.99. The molecule has 0 saturated carbocycles. The number of likely N-dealkylation sites (tertiary alicyclic amines) is 1. The highest BCUT2D eigenvalue weighted by atomic mass is 16.1. The number of carbonyl (C=O) groups excluding carboxylic acids is 1. The van der Waals surface area contributed by atoms with Crippen molar-refractivity contribution >= 4 is 5.78 Å². The zero-order valence-corrected chi connectivity index (χ0v) is 10.6. The molecule has 0 bridgehead atoms. The third-order valence-corrected chi connectivity index (χ3v) is 3.52. The molecule has 2 rings (SSSR count). The zero-order chi connectivity index (χ0) is 12.1. The summed E-state index contributed by atoms with van der Waals surface area (Å²) in [4.78, 5) is 14.2. The Morgan fingerprint density at radius 3 is 2.53 bits per heavy atom. The molecule has 1 aliphatic rings. The fourth-order valence-corrected chi connectivity index (χ4v) is 2.35. The van der Waals surface area contributed by atoms with Gasteiger partial charge in [0.15, 0.2) is 5.78 Å². The van der Waals surface area contributed by atoms with Crippen molar-refractivity contribution < 1.29 is 4.79 Å². The Balaban J connectivity index is 1.78. The molecule has 2 nitrogen and oxygen atoms in total. The van der Waals surface area contributed by atoms with Gasteiger partial charge in [0.25, 0.3) is 0 Å². The fraction of sp³-hybridized carbons (Fsp3) is 0.533. The van der Waals surface area contributed by atoms with Crippen molar-refractivity contribution in [1.82, 2.24) is 4.90 Å². The summed E-state index contributed by atoms with van der Waals surface area (Å²) in [6, 6.07) is 10.0. The Morgan fingerprint density at radius 1 is 1.24 bits per heavy atom. The minimum atomic E-state index is 0.339. The van der Waals surface area contributed by atoms with Crippen LogP contribution in [0.1, 0.15) is 25.3 Å². The largest absolute Gasteiger partial charge is 0.298 e. The van der Waals surface area contributed by atoms with E-state index in [0.29, 0.717) is 18.7 Å². The van der Waals surface area contributed by atoms with Gasteiger partial charge in [-0.2, -0.15) is 0 Å². The smallest absolute Gasteiger partial charge is 0.151 e. The van der Waals surface area contributed by atoms with Crippen LogP contribution in [0.15, 0.2) is 30.3 Å². The van der Waals surface area contributed by atoms with E-state index in [1.54, 1.807) is 0 Å². The molecule has 0 radical (unpaired) electrons. The van der Waals surface area contributed by atoms with Crippen LogP contribution in [-0.2, 0) is 11.2 Å². The molecule has 17 heavy (non-hydrogen) atoms. The van der Waals surface area contributed by atoms with Crippen LogP contribution in [0.5, 0.6) is 0 Å². The maximum Gasteiger partial charge on any atom is 0.151 e. The highest BCUT2D eigenvalue weighted by Gasteiger charge is 2.17. The lowest BCUT2D eigenvalue weighted by molar-refractivity contribution is -0.119. The lowest BCUT2D eigenvalue weighted by Gasteiger charge is -2.29. The van der Waals surface area contributed by atoms with Crippen molar-refractivity contribution in [2.75, 3.05) is 19.6 Å². The Hall–Kier alpha value is -1.15. The third-order valence-electron chi connectivity index (χ3n) is 3.52. The van der Waals surface area contributed by atoms with Crippen LogP contribution in [0.4, 0.5) is 0 Å². The molecule has 1 fully saturated rings. The van der Waals surface area contributed by atoms with E-state index in [2.05, 4.69) is 11.8 Å². The maximum absolute atomic E-state index is 11.9. The molecule has 0 aliphatic carbocycles. The van der Waals surface area contributed by atoms with Crippen LogP contribution < -0.4 is 0 Å². The van der Waals surface area contributed by atoms with Crippen LogP contribution in [0.3, 0.4) is 0 Å². The summed E-state index contributed by atoms with van der Waals surface area (Å²) in [5.41, 5.74) is 1.13. The molecule has 92 valence electrons. The molecule has 0 N–H and O–H groups in total. The van der Waals surface area contributed by atoms with Gasteiger partial charge in [0, 0.05) is 6.42 Å². The molecule has 0 atom stereocenters. The summed E-state index contributed by atoms with van der Waals surface area (Å²) in [6.45, 7) is 5.09. The highest BCUT2D eigenvalue weighted by Crippen LogP contribution is 2.15. The Bertz CT molecular complexity index is 352. The maximum atomic E-state index is 11.9. The van der Waals surface area contributed by atoms with E-state index in [1.165, 1.54) is 12.8 Å². The van der Waals surface area contributed by atoms with Crippen molar-refractivity contribution in [3.63, 3.8) is 0 Å². The Kier molecular flexibility index (Phi) is 4.32. The van der Waals surface area contributed by atoms with E-state index >= 15 is 0 Å². The van der Waals surface area contributed by atoms with Gasteiger partial charge in [0.1, 0.15) is 0 Å². The van der Waals surface area contributed by atoms with Gasteiger partial charge >= 0.3 is 0 Å². The number of carbonyl (C=O) groups is 1. The topological polar surface area (TPSA) is 20.3 Å². The first-order valence-electron chi connectivity index (χ1n) is 6.52. The second-order valence-corrected chi connectivity index (χ2v) is 5.16. The Morgan fingerprint density at radius 2 is 1.88 bits per heavy atom. The lowest BCUT2D eigenvalue weighted by Crippen LogP contribution is -2.37. The number of piperidine rings is 1. The second-order valence-electron chi connectivity index (χ2n) is 5.16. The van der Waals surface area contributed by atoms with E-state index < -0.39 is 0 Å². The SMILES string of the molecule is CC1CCN(CC(=O)Cc2ccccc2)CC1. The van der Waals surface area contributed by atoms with Crippen molar-refractivity contribution in [2.24, 2.45) is 5.92 Å². The molecular weight excluding hydrogens is 210 g/mol. The van der Waals surface area contributed by atoms with Crippen molar-refractivity contribution in [3.05, 3.63) is 35.9 Å². The summed E-state index contributed by atoms with van der Waals surface area (Å²) in [5.74, 6) is 1.17.